The van der Waals surface area contributed by atoms with Crippen molar-refractivity contribution in [1.29, 1.82) is 0 Å². The third kappa shape index (κ3) is 2.81. The fourth-order valence-electron chi connectivity index (χ4n) is 2.47. The number of aryl methyl sites for hydroxylation is 1. The van der Waals surface area contributed by atoms with Gasteiger partial charge >= 0.3 is 0 Å². The molecule has 6 heteroatoms. The molecular weight excluding hydrogens is 272 g/mol. The summed E-state index contributed by atoms with van der Waals surface area (Å²) >= 11 is 1.76. The van der Waals surface area contributed by atoms with E-state index >= 15 is 0 Å². The van der Waals surface area contributed by atoms with Crippen LogP contribution in [-0.4, -0.2) is 33.0 Å². The first-order valence-corrected chi connectivity index (χ1v) is 7.67. The van der Waals surface area contributed by atoms with E-state index in [1.54, 1.807) is 17.7 Å². The van der Waals surface area contributed by atoms with E-state index in [-0.39, 0.29) is 0 Å². The van der Waals surface area contributed by atoms with Crippen molar-refractivity contribution in [3.05, 3.63) is 33.7 Å². The van der Waals surface area contributed by atoms with Crippen molar-refractivity contribution in [3.8, 4) is 5.88 Å². The Kier molecular flexibility index (Phi) is 3.93. The lowest BCUT2D eigenvalue weighted by atomic mass is 10.1. The van der Waals surface area contributed by atoms with Gasteiger partial charge in [-0.2, -0.15) is 0 Å². The molecule has 3 rings (SSSR count). The van der Waals surface area contributed by atoms with Crippen molar-refractivity contribution in [2.45, 2.75) is 33.4 Å². The normalized spacial score (nSPS) is 15.1. The van der Waals surface area contributed by atoms with E-state index < -0.39 is 0 Å². The van der Waals surface area contributed by atoms with E-state index in [0.29, 0.717) is 6.61 Å². The minimum absolute atomic E-state index is 0.636. The van der Waals surface area contributed by atoms with Gasteiger partial charge in [0.15, 0.2) is 0 Å². The first-order valence-electron chi connectivity index (χ1n) is 6.85. The van der Waals surface area contributed by atoms with Crippen LogP contribution in [-0.2, 0) is 19.5 Å². The van der Waals surface area contributed by atoms with Crippen LogP contribution in [0.25, 0.3) is 0 Å². The molecule has 5 nitrogen and oxygen atoms in total. The van der Waals surface area contributed by atoms with Crippen molar-refractivity contribution < 1.29 is 4.74 Å². The Bertz CT molecular complexity index is 599. The van der Waals surface area contributed by atoms with Crippen LogP contribution in [0.3, 0.4) is 0 Å². The quantitative estimate of drug-likeness (QED) is 0.864. The minimum Gasteiger partial charge on any atom is -0.478 e. The lowest BCUT2D eigenvalue weighted by Crippen LogP contribution is -2.31. The van der Waals surface area contributed by atoms with E-state index in [1.807, 2.05) is 20.0 Å². The zero-order valence-electron chi connectivity index (χ0n) is 11.8. The summed E-state index contributed by atoms with van der Waals surface area (Å²) in [5.74, 6) is 0.739. The summed E-state index contributed by atoms with van der Waals surface area (Å²) < 4.78 is 5.62. The number of hydrogen-bond acceptors (Lipinski definition) is 6. The van der Waals surface area contributed by atoms with Gasteiger partial charge in [-0.3, -0.25) is 4.90 Å². The summed E-state index contributed by atoms with van der Waals surface area (Å²) in [6.45, 7) is 7.47. The summed E-state index contributed by atoms with van der Waals surface area (Å²) in [4.78, 5) is 16.7. The molecule has 0 fully saturated rings. The number of rotatable bonds is 4. The molecule has 0 amide bonds. The topological polar surface area (TPSA) is 51.1 Å². The number of thiazole rings is 1. The van der Waals surface area contributed by atoms with Crippen LogP contribution >= 0.6 is 11.3 Å². The van der Waals surface area contributed by atoms with Gasteiger partial charge in [-0.1, -0.05) is 0 Å². The summed E-state index contributed by atoms with van der Waals surface area (Å²) in [5, 5.41) is 1.12. The molecule has 2 aromatic rings. The van der Waals surface area contributed by atoms with E-state index in [1.165, 1.54) is 4.88 Å². The van der Waals surface area contributed by atoms with Gasteiger partial charge in [0, 0.05) is 42.7 Å². The molecule has 0 saturated heterocycles. The number of hydrogen-bond donors (Lipinski definition) is 0. The van der Waals surface area contributed by atoms with Crippen molar-refractivity contribution >= 4 is 11.3 Å². The molecule has 0 aliphatic carbocycles. The summed E-state index contributed by atoms with van der Waals surface area (Å²) in [6.07, 6.45) is 4.53. The van der Waals surface area contributed by atoms with Gasteiger partial charge in [-0.25, -0.2) is 15.0 Å². The third-order valence-corrected chi connectivity index (χ3v) is 4.27. The Balaban J connectivity index is 1.76. The third-order valence-electron chi connectivity index (χ3n) is 3.37. The van der Waals surface area contributed by atoms with Gasteiger partial charge in [-0.15, -0.1) is 11.3 Å². The molecule has 0 bridgehead atoms. The monoisotopic (exact) mass is 290 g/mol. The summed E-state index contributed by atoms with van der Waals surface area (Å²) in [7, 11) is 0. The highest BCUT2D eigenvalue weighted by molar-refractivity contribution is 7.11. The van der Waals surface area contributed by atoms with Crippen LogP contribution in [0, 0.1) is 6.92 Å². The van der Waals surface area contributed by atoms with Crippen molar-refractivity contribution in [1.82, 2.24) is 19.9 Å². The molecule has 0 aromatic carbocycles. The SMILES string of the molecule is CCOc1ncnc2c1CN(Cc1cnc(C)s1)CC2. The highest BCUT2D eigenvalue weighted by atomic mass is 32.1. The molecule has 106 valence electrons. The molecule has 0 saturated carbocycles. The lowest BCUT2D eigenvalue weighted by molar-refractivity contribution is 0.233. The molecule has 20 heavy (non-hydrogen) atoms. The van der Waals surface area contributed by atoms with Gasteiger partial charge in [0.1, 0.15) is 6.33 Å². The van der Waals surface area contributed by atoms with Gasteiger partial charge in [0.05, 0.1) is 17.3 Å². The number of aromatic nitrogens is 3. The van der Waals surface area contributed by atoms with Crippen LogP contribution in [0.1, 0.15) is 28.1 Å². The maximum Gasteiger partial charge on any atom is 0.221 e. The fourth-order valence-corrected chi connectivity index (χ4v) is 3.30. The van der Waals surface area contributed by atoms with Crippen molar-refractivity contribution in [2.24, 2.45) is 0 Å². The molecule has 0 atom stereocenters. The molecular formula is C14H18N4OS. The first kappa shape index (κ1) is 13.5. The molecule has 1 aliphatic rings. The smallest absolute Gasteiger partial charge is 0.221 e. The number of nitrogens with zero attached hydrogens (tertiary/aromatic N) is 4. The second-order valence-electron chi connectivity index (χ2n) is 4.84. The highest BCUT2D eigenvalue weighted by Gasteiger charge is 2.22. The predicted octanol–water partition coefficient (Wildman–Crippen LogP) is 2.20. The Labute approximate surface area is 122 Å². The molecule has 0 spiro atoms. The van der Waals surface area contributed by atoms with Crippen molar-refractivity contribution in [3.63, 3.8) is 0 Å². The molecule has 0 N–H and O–H groups in total. The number of ether oxygens (including phenoxy) is 1. The van der Waals surface area contributed by atoms with E-state index in [2.05, 4.69) is 19.9 Å². The highest BCUT2D eigenvalue weighted by Crippen LogP contribution is 2.26. The molecule has 2 aromatic heterocycles. The van der Waals surface area contributed by atoms with Crippen LogP contribution in [0.15, 0.2) is 12.5 Å². The van der Waals surface area contributed by atoms with Gasteiger partial charge in [-0.05, 0) is 13.8 Å². The van der Waals surface area contributed by atoms with Crippen LogP contribution < -0.4 is 4.74 Å². The molecule has 0 unspecified atom stereocenters. The maximum atomic E-state index is 5.62. The van der Waals surface area contributed by atoms with Crippen LogP contribution in [0.2, 0.25) is 0 Å². The zero-order valence-corrected chi connectivity index (χ0v) is 12.6. The van der Waals surface area contributed by atoms with Gasteiger partial charge in [0.25, 0.3) is 0 Å². The lowest BCUT2D eigenvalue weighted by Gasteiger charge is -2.28. The molecule has 0 radical (unpaired) electrons. The minimum atomic E-state index is 0.636. The largest absolute Gasteiger partial charge is 0.478 e. The average Bonchev–Trinajstić information content (AvgIpc) is 2.85. The average molecular weight is 290 g/mol. The zero-order chi connectivity index (χ0) is 13.9. The van der Waals surface area contributed by atoms with Crippen LogP contribution in [0.5, 0.6) is 5.88 Å². The second kappa shape index (κ2) is 5.85. The first-order chi connectivity index (χ1) is 9.76. The standard InChI is InChI=1S/C14H18N4OS/c1-3-19-14-12-8-18(5-4-13(12)16-9-17-14)7-11-6-15-10(2)20-11/h6,9H,3-5,7-8H2,1-2H3. The Hall–Kier alpha value is -1.53. The van der Waals surface area contributed by atoms with E-state index in [0.717, 1.165) is 48.2 Å². The molecule has 1 aliphatic heterocycles. The van der Waals surface area contributed by atoms with Gasteiger partial charge in [0.2, 0.25) is 5.88 Å². The Morgan fingerprint density at radius 2 is 2.25 bits per heavy atom. The molecule has 3 heterocycles. The summed E-state index contributed by atoms with van der Waals surface area (Å²) in [6, 6.07) is 0. The van der Waals surface area contributed by atoms with E-state index in [4.69, 9.17) is 4.74 Å². The van der Waals surface area contributed by atoms with Crippen molar-refractivity contribution in [2.75, 3.05) is 13.2 Å². The Morgan fingerprint density at radius 3 is 3.00 bits per heavy atom. The van der Waals surface area contributed by atoms with E-state index in [9.17, 15) is 0 Å². The van der Waals surface area contributed by atoms with Crippen LogP contribution in [0.4, 0.5) is 0 Å². The van der Waals surface area contributed by atoms with Gasteiger partial charge < -0.3 is 4.74 Å². The maximum absolute atomic E-state index is 5.62. The number of fused-ring (bicyclic) bond motifs is 1. The second-order valence-corrected chi connectivity index (χ2v) is 6.16. The predicted molar refractivity (Wildman–Crippen MR) is 77.9 cm³/mol. The Morgan fingerprint density at radius 1 is 1.35 bits per heavy atom. The summed E-state index contributed by atoms with van der Waals surface area (Å²) in [5.41, 5.74) is 2.27. The fraction of sp³-hybridized carbons (Fsp3) is 0.500.